The largest absolute Gasteiger partial charge is 0.480 e. The second-order valence-electron chi connectivity index (χ2n) is 6.48. The fraction of sp³-hybridized carbons (Fsp3) is 0.867. The maximum absolute atomic E-state index is 12.6. The Balaban J connectivity index is 1.70. The van der Waals surface area contributed by atoms with Crippen molar-refractivity contribution >= 4 is 12.0 Å². The summed E-state index contributed by atoms with van der Waals surface area (Å²) in [5.41, 5.74) is -1.07. The smallest absolute Gasteiger partial charge is 0.329 e. The topological polar surface area (TPSA) is 78.9 Å². The number of morpholine rings is 1. The fourth-order valence-electron chi connectivity index (χ4n) is 4.00. The molecule has 6 nitrogen and oxygen atoms in total. The Kier molecular flexibility index (Phi) is 4.06. The Morgan fingerprint density at radius 2 is 1.90 bits per heavy atom. The number of nitrogens with zero attached hydrogens (tertiary/aromatic N) is 1. The van der Waals surface area contributed by atoms with Gasteiger partial charge in [-0.2, -0.15) is 0 Å². The lowest BCUT2D eigenvalue weighted by Crippen LogP contribution is -2.62. The summed E-state index contributed by atoms with van der Waals surface area (Å²) < 4.78 is 5.71. The zero-order valence-electron chi connectivity index (χ0n) is 12.3. The molecule has 2 unspecified atom stereocenters. The first-order valence-corrected chi connectivity index (χ1v) is 8.06. The average Bonchev–Trinajstić information content (AvgIpc) is 2.96. The first kappa shape index (κ1) is 14.6. The highest BCUT2D eigenvalue weighted by molar-refractivity contribution is 5.86. The number of hydrogen-bond donors (Lipinski definition) is 2. The Labute approximate surface area is 124 Å². The van der Waals surface area contributed by atoms with Gasteiger partial charge in [-0.3, -0.25) is 0 Å². The Morgan fingerprint density at radius 1 is 1.14 bits per heavy atom. The molecule has 0 spiro atoms. The maximum Gasteiger partial charge on any atom is 0.329 e. The number of urea groups is 1. The molecule has 118 valence electrons. The van der Waals surface area contributed by atoms with Gasteiger partial charge in [-0.15, -0.1) is 0 Å². The summed E-state index contributed by atoms with van der Waals surface area (Å²) >= 11 is 0. The van der Waals surface area contributed by atoms with Gasteiger partial charge >= 0.3 is 12.0 Å². The Hall–Kier alpha value is -1.30. The van der Waals surface area contributed by atoms with Crippen molar-refractivity contribution in [1.82, 2.24) is 10.2 Å². The van der Waals surface area contributed by atoms with Crippen LogP contribution in [0.4, 0.5) is 4.79 Å². The van der Waals surface area contributed by atoms with Crippen molar-refractivity contribution in [3.63, 3.8) is 0 Å². The summed E-state index contributed by atoms with van der Waals surface area (Å²) in [5.74, 6) is -0.896. The summed E-state index contributed by atoms with van der Waals surface area (Å²) in [6.07, 6.45) is 7.01. The van der Waals surface area contributed by atoms with Crippen LogP contribution in [0.3, 0.4) is 0 Å². The van der Waals surface area contributed by atoms with Crippen molar-refractivity contribution in [2.45, 2.75) is 69.1 Å². The van der Waals surface area contributed by atoms with Gasteiger partial charge in [-0.1, -0.05) is 19.3 Å². The van der Waals surface area contributed by atoms with Crippen LogP contribution < -0.4 is 5.32 Å². The van der Waals surface area contributed by atoms with Crippen molar-refractivity contribution in [2.24, 2.45) is 0 Å². The first-order valence-electron chi connectivity index (χ1n) is 8.06. The molecule has 2 saturated carbocycles. The number of amides is 2. The second kappa shape index (κ2) is 5.83. The van der Waals surface area contributed by atoms with E-state index in [1.165, 1.54) is 0 Å². The van der Waals surface area contributed by atoms with Crippen molar-refractivity contribution < 1.29 is 19.4 Å². The number of nitrogens with one attached hydrogen (secondary N) is 1. The molecule has 2 aliphatic carbocycles. The van der Waals surface area contributed by atoms with Crippen LogP contribution in [0.5, 0.6) is 0 Å². The molecule has 0 radical (unpaired) electrons. The SMILES string of the molecule is O=C(NC1(C(=O)O)CCCCC1)N1CCOC2CCCC21. The molecule has 0 aromatic carbocycles. The standard InChI is InChI=1S/C15H24N2O4/c18-13(19)15(7-2-1-3-8-15)16-14(20)17-9-10-21-12-6-4-5-11(12)17/h11-12H,1-10H2,(H,16,20)(H,18,19). The highest BCUT2D eigenvalue weighted by Crippen LogP contribution is 2.32. The molecule has 1 heterocycles. The number of carboxylic acid groups (broad SMARTS) is 1. The number of aliphatic carboxylic acids is 1. The van der Waals surface area contributed by atoms with Gasteiger partial charge < -0.3 is 20.1 Å². The number of fused-ring (bicyclic) bond motifs is 1. The summed E-state index contributed by atoms with van der Waals surface area (Å²) in [6.45, 7) is 1.11. The van der Waals surface area contributed by atoms with E-state index in [0.717, 1.165) is 38.5 Å². The molecule has 6 heteroatoms. The van der Waals surface area contributed by atoms with E-state index in [4.69, 9.17) is 4.74 Å². The summed E-state index contributed by atoms with van der Waals surface area (Å²) in [5, 5.41) is 12.4. The number of ether oxygens (including phenoxy) is 1. The van der Waals surface area contributed by atoms with Gasteiger partial charge in [0.25, 0.3) is 0 Å². The molecule has 0 bridgehead atoms. The number of hydrogen-bond acceptors (Lipinski definition) is 3. The number of carboxylic acids is 1. The van der Waals surface area contributed by atoms with Crippen LogP contribution in [-0.4, -0.2) is 52.8 Å². The monoisotopic (exact) mass is 296 g/mol. The molecule has 1 aliphatic heterocycles. The molecule has 0 aromatic heterocycles. The van der Waals surface area contributed by atoms with E-state index in [-0.39, 0.29) is 18.2 Å². The normalized spacial score (nSPS) is 31.5. The molecular weight excluding hydrogens is 272 g/mol. The van der Waals surface area contributed by atoms with E-state index in [1.807, 2.05) is 0 Å². The molecule has 1 saturated heterocycles. The van der Waals surface area contributed by atoms with E-state index in [0.29, 0.717) is 26.0 Å². The molecule has 3 rings (SSSR count). The first-order chi connectivity index (χ1) is 10.1. The zero-order chi connectivity index (χ0) is 14.9. The van der Waals surface area contributed by atoms with Crippen LogP contribution in [0.1, 0.15) is 51.4 Å². The van der Waals surface area contributed by atoms with Gasteiger partial charge in [0, 0.05) is 6.54 Å². The Morgan fingerprint density at radius 3 is 2.62 bits per heavy atom. The summed E-state index contributed by atoms with van der Waals surface area (Å²) in [7, 11) is 0. The third-order valence-electron chi connectivity index (χ3n) is 5.21. The van der Waals surface area contributed by atoms with E-state index in [2.05, 4.69) is 5.32 Å². The van der Waals surface area contributed by atoms with Crippen molar-refractivity contribution in [3.05, 3.63) is 0 Å². The second-order valence-corrected chi connectivity index (χ2v) is 6.48. The summed E-state index contributed by atoms with van der Waals surface area (Å²) in [4.78, 5) is 26.1. The number of rotatable bonds is 2. The van der Waals surface area contributed by atoms with Crippen molar-refractivity contribution in [1.29, 1.82) is 0 Å². The van der Waals surface area contributed by atoms with Gasteiger partial charge in [-0.25, -0.2) is 9.59 Å². The lowest BCUT2D eigenvalue weighted by molar-refractivity contribution is -0.146. The number of carbonyl (C=O) groups is 2. The predicted octanol–water partition coefficient (Wildman–Crippen LogP) is 1.74. The zero-order valence-corrected chi connectivity index (χ0v) is 12.3. The highest BCUT2D eigenvalue weighted by atomic mass is 16.5. The van der Waals surface area contributed by atoms with E-state index in [1.54, 1.807) is 4.90 Å². The highest BCUT2D eigenvalue weighted by Gasteiger charge is 2.44. The van der Waals surface area contributed by atoms with Crippen LogP contribution in [0.2, 0.25) is 0 Å². The van der Waals surface area contributed by atoms with Crippen LogP contribution in [0, 0.1) is 0 Å². The molecule has 3 fully saturated rings. The third kappa shape index (κ3) is 2.73. The van der Waals surface area contributed by atoms with Crippen LogP contribution >= 0.6 is 0 Å². The minimum absolute atomic E-state index is 0.119. The molecule has 2 atom stereocenters. The van der Waals surface area contributed by atoms with Crippen molar-refractivity contribution in [3.8, 4) is 0 Å². The maximum atomic E-state index is 12.6. The average molecular weight is 296 g/mol. The van der Waals surface area contributed by atoms with Gasteiger partial charge in [-0.05, 0) is 32.1 Å². The lowest BCUT2D eigenvalue weighted by Gasteiger charge is -2.41. The van der Waals surface area contributed by atoms with Crippen molar-refractivity contribution in [2.75, 3.05) is 13.2 Å². The predicted molar refractivity (Wildman–Crippen MR) is 76.1 cm³/mol. The van der Waals surface area contributed by atoms with E-state index < -0.39 is 11.5 Å². The quantitative estimate of drug-likeness (QED) is 0.813. The third-order valence-corrected chi connectivity index (χ3v) is 5.21. The molecule has 0 aromatic rings. The van der Waals surface area contributed by atoms with E-state index >= 15 is 0 Å². The molecule has 2 amide bonds. The summed E-state index contributed by atoms with van der Waals surface area (Å²) in [6, 6.07) is -0.104. The lowest BCUT2D eigenvalue weighted by atomic mass is 9.82. The van der Waals surface area contributed by atoms with Gasteiger partial charge in [0.15, 0.2) is 0 Å². The molecule has 3 aliphatic rings. The minimum atomic E-state index is -1.07. The molecule has 21 heavy (non-hydrogen) atoms. The van der Waals surface area contributed by atoms with Gasteiger partial charge in [0.05, 0.1) is 18.8 Å². The van der Waals surface area contributed by atoms with E-state index in [9.17, 15) is 14.7 Å². The van der Waals surface area contributed by atoms with Gasteiger partial charge in [0.1, 0.15) is 5.54 Å². The van der Waals surface area contributed by atoms with Gasteiger partial charge in [0.2, 0.25) is 0 Å². The van der Waals surface area contributed by atoms with Crippen LogP contribution in [0.25, 0.3) is 0 Å². The fourth-order valence-corrected chi connectivity index (χ4v) is 4.00. The molecular formula is C15H24N2O4. The minimum Gasteiger partial charge on any atom is -0.480 e. The van der Waals surface area contributed by atoms with Crippen LogP contribution in [-0.2, 0) is 9.53 Å². The van der Waals surface area contributed by atoms with Crippen LogP contribution in [0.15, 0.2) is 0 Å². The molecule has 2 N–H and O–H groups in total. The number of carbonyl (C=O) groups excluding carboxylic acids is 1. The Bertz CT molecular complexity index is 420.